The lowest BCUT2D eigenvalue weighted by Gasteiger charge is -2.13. The Labute approximate surface area is 193 Å². The van der Waals surface area contributed by atoms with Crippen molar-refractivity contribution in [2.75, 3.05) is 10.5 Å². The van der Waals surface area contributed by atoms with E-state index in [9.17, 15) is 13.5 Å². The number of aromatic amines is 1. The Bertz CT molecular complexity index is 1410. The second kappa shape index (κ2) is 8.99. The Morgan fingerprint density at radius 2 is 1.79 bits per heavy atom. The van der Waals surface area contributed by atoms with Gasteiger partial charge in [0.25, 0.3) is 0 Å². The highest BCUT2D eigenvalue weighted by molar-refractivity contribution is 7.93. The molecule has 0 fully saturated rings. The second-order valence-corrected chi connectivity index (χ2v) is 9.99. The van der Waals surface area contributed by atoms with E-state index in [4.69, 9.17) is 10.7 Å². The number of nitrogens with one attached hydrogen (secondary N) is 2. The number of aliphatic imine (C=N–C) groups is 1. The van der Waals surface area contributed by atoms with Crippen molar-refractivity contribution in [3.05, 3.63) is 83.9 Å². The number of H-pyrrole nitrogens is 1. The minimum absolute atomic E-state index is 0.00358. The molecule has 0 radical (unpaired) electrons. The van der Waals surface area contributed by atoms with Gasteiger partial charge in [-0.2, -0.15) is 0 Å². The van der Waals surface area contributed by atoms with Gasteiger partial charge in [0.15, 0.2) is 5.88 Å². The third-order valence-corrected chi connectivity index (χ3v) is 7.47. The first-order chi connectivity index (χ1) is 15.8. The van der Waals surface area contributed by atoms with Gasteiger partial charge < -0.3 is 15.8 Å². The largest absolute Gasteiger partial charge is 0.494 e. The fraction of sp³-hybridized carbons (Fsp3) is 0.160. The number of fused-ring (bicyclic) bond motifs is 1. The van der Waals surface area contributed by atoms with Crippen molar-refractivity contribution in [3.8, 4) is 5.88 Å². The Morgan fingerprint density at radius 1 is 1.09 bits per heavy atom. The summed E-state index contributed by atoms with van der Waals surface area (Å²) in [6.45, 7) is 3.51. The molecule has 5 N–H and O–H groups in total. The van der Waals surface area contributed by atoms with Crippen molar-refractivity contribution in [1.82, 2.24) is 4.98 Å². The van der Waals surface area contributed by atoms with Crippen LogP contribution in [-0.4, -0.2) is 29.5 Å². The van der Waals surface area contributed by atoms with E-state index in [1.165, 1.54) is 0 Å². The number of rotatable bonds is 7. The predicted octanol–water partition coefficient (Wildman–Crippen LogP) is 5.17. The molecule has 0 spiro atoms. The molecule has 0 aliphatic rings. The van der Waals surface area contributed by atoms with Gasteiger partial charge in [-0.15, -0.1) is 0 Å². The number of benzene rings is 3. The van der Waals surface area contributed by atoms with Crippen LogP contribution in [0.1, 0.15) is 31.4 Å². The molecular formula is C25H26N4O3S. The smallest absolute Gasteiger partial charge is 0.235 e. The summed E-state index contributed by atoms with van der Waals surface area (Å²) >= 11 is 0. The van der Waals surface area contributed by atoms with Crippen molar-refractivity contribution in [2.24, 2.45) is 4.99 Å². The monoisotopic (exact) mass is 462 g/mol. The Hall–Kier alpha value is -3.78. The first kappa shape index (κ1) is 22.4. The summed E-state index contributed by atoms with van der Waals surface area (Å²) in [5, 5.41) is 11.0. The van der Waals surface area contributed by atoms with Gasteiger partial charge in [0.2, 0.25) is 10.0 Å². The molecule has 8 heteroatoms. The Balaban J connectivity index is 1.78. The summed E-state index contributed by atoms with van der Waals surface area (Å²) in [5.74, 6) is -0.00358. The number of hydrogen-bond donors (Lipinski definition) is 4. The van der Waals surface area contributed by atoms with Gasteiger partial charge in [0.1, 0.15) is 0 Å². The molecule has 1 unspecified atom stereocenters. The summed E-state index contributed by atoms with van der Waals surface area (Å²) in [5.41, 5.74) is 10.3. The maximum Gasteiger partial charge on any atom is 0.235 e. The normalized spacial score (nSPS) is 13.2. The van der Waals surface area contributed by atoms with Gasteiger partial charge in [-0.3, -0.25) is 4.72 Å². The van der Waals surface area contributed by atoms with Gasteiger partial charge in [0.05, 0.1) is 22.2 Å². The van der Waals surface area contributed by atoms with E-state index in [-0.39, 0.29) is 5.88 Å². The highest BCUT2D eigenvalue weighted by atomic mass is 32.2. The molecule has 0 saturated carbocycles. The number of nitrogen functional groups attached to an aromatic ring is 1. The number of nitrogens with zero attached hydrogens (tertiary/aromatic N) is 1. The lowest BCUT2D eigenvalue weighted by Crippen LogP contribution is -2.24. The van der Waals surface area contributed by atoms with Crippen LogP contribution in [0.2, 0.25) is 0 Å². The lowest BCUT2D eigenvalue weighted by atomic mass is 10.0. The van der Waals surface area contributed by atoms with Crippen molar-refractivity contribution >= 4 is 43.7 Å². The average molecular weight is 463 g/mol. The third kappa shape index (κ3) is 4.70. The molecule has 0 aliphatic heterocycles. The topological polar surface area (TPSA) is 121 Å². The molecule has 0 aliphatic carbocycles. The molecule has 1 atom stereocenters. The number of nitrogens with two attached hydrogens (primary N) is 1. The van der Waals surface area contributed by atoms with Crippen molar-refractivity contribution < 1.29 is 13.5 Å². The maximum atomic E-state index is 12.3. The number of aromatic hydroxyl groups is 1. The Kier molecular flexibility index (Phi) is 6.11. The zero-order valence-corrected chi connectivity index (χ0v) is 19.2. The molecule has 0 bridgehead atoms. The van der Waals surface area contributed by atoms with Gasteiger partial charge in [0, 0.05) is 27.8 Å². The highest BCUT2D eigenvalue weighted by Gasteiger charge is 2.20. The predicted molar refractivity (Wildman–Crippen MR) is 135 cm³/mol. The number of aromatic nitrogens is 1. The summed E-state index contributed by atoms with van der Waals surface area (Å²) in [6, 6.07) is 21.7. The van der Waals surface area contributed by atoms with Crippen LogP contribution in [-0.2, 0) is 10.0 Å². The van der Waals surface area contributed by atoms with Crippen molar-refractivity contribution in [1.29, 1.82) is 0 Å². The van der Waals surface area contributed by atoms with Gasteiger partial charge in [-0.1, -0.05) is 37.3 Å². The highest BCUT2D eigenvalue weighted by Crippen LogP contribution is 2.33. The minimum atomic E-state index is -3.45. The molecule has 3 aromatic carbocycles. The van der Waals surface area contributed by atoms with Crippen molar-refractivity contribution in [3.63, 3.8) is 0 Å². The zero-order chi connectivity index (χ0) is 23.6. The Morgan fingerprint density at radius 3 is 2.45 bits per heavy atom. The molecule has 33 heavy (non-hydrogen) atoms. The summed E-state index contributed by atoms with van der Waals surface area (Å²) in [6.07, 6.45) is 0.525. The summed E-state index contributed by atoms with van der Waals surface area (Å²) in [7, 11) is -3.45. The third-order valence-electron chi connectivity index (χ3n) is 5.56. The van der Waals surface area contributed by atoms with E-state index < -0.39 is 15.3 Å². The summed E-state index contributed by atoms with van der Waals surface area (Å²) < 4.78 is 27.3. The maximum absolute atomic E-state index is 12.3. The van der Waals surface area contributed by atoms with Crippen LogP contribution in [0.25, 0.3) is 10.9 Å². The molecule has 170 valence electrons. The van der Waals surface area contributed by atoms with E-state index >= 15 is 0 Å². The molecule has 1 aromatic heterocycles. The number of anilines is 2. The van der Waals surface area contributed by atoms with Crippen LogP contribution >= 0.6 is 0 Å². The molecule has 7 nitrogen and oxygen atoms in total. The minimum Gasteiger partial charge on any atom is -0.494 e. The number of hydrogen-bond acceptors (Lipinski definition) is 5. The second-order valence-electron chi connectivity index (χ2n) is 7.89. The van der Waals surface area contributed by atoms with E-state index in [1.807, 2.05) is 43.3 Å². The number of sulfonamides is 1. The van der Waals surface area contributed by atoms with E-state index in [1.54, 1.807) is 43.3 Å². The summed E-state index contributed by atoms with van der Waals surface area (Å²) in [4.78, 5) is 7.80. The first-order valence-electron chi connectivity index (χ1n) is 10.6. The lowest BCUT2D eigenvalue weighted by molar-refractivity contribution is 0.457. The quantitative estimate of drug-likeness (QED) is 0.224. The molecule has 4 aromatic rings. The SMILES string of the molecule is CCC(C)S(=O)(=O)Nc1ccc(N=C(c2ccccc2)c2c(O)[nH]c3ccc(N)cc23)cc1. The molecule has 1 heterocycles. The first-order valence-corrected chi connectivity index (χ1v) is 12.2. The molecule has 0 amide bonds. The van der Waals surface area contributed by atoms with E-state index in [0.717, 1.165) is 16.5 Å². The van der Waals surface area contributed by atoms with Gasteiger partial charge >= 0.3 is 0 Å². The van der Waals surface area contributed by atoms with E-state index in [2.05, 4.69) is 9.71 Å². The van der Waals surface area contributed by atoms with E-state index in [0.29, 0.717) is 34.8 Å². The van der Waals surface area contributed by atoms with Crippen LogP contribution in [0.5, 0.6) is 5.88 Å². The fourth-order valence-corrected chi connectivity index (χ4v) is 4.62. The van der Waals surface area contributed by atoms with Gasteiger partial charge in [-0.05, 0) is 55.8 Å². The van der Waals surface area contributed by atoms with Crippen LogP contribution < -0.4 is 10.5 Å². The zero-order valence-electron chi connectivity index (χ0n) is 18.4. The fourth-order valence-electron chi connectivity index (χ4n) is 3.51. The van der Waals surface area contributed by atoms with Crippen LogP contribution in [0.4, 0.5) is 17.1 Å². The molecular weight excluding hydrogens is 436 g/mol. The van der Waals surface area contributed by atoms with Crippen LogP contribution in [0.15, 0.2) is 77.8 Å². The van der Waals surface area contributed by atoms with Crippen LogP contribution in [0, 0.1) is 0 Å². The molecule has 4 rings (SSSR count). The molecule has 0 saturated heterocycles. The van der Waals surface area contributed by atoms with Crippen molar-refractivity contribution in [2.45, 2.75) is 25.5 Å². The van der Waals surface area contributed by atoms with Crippen LogP contribution in [0.3, 0.4) is 0 Å². The van der Waals surface area contributed by atoms with Gasteiger partial charge in [-0.25, -0.2) is 13.4 Å². The standard InChI is InChI=1S/C25H26N4O3S/c1-3-16(2)33(31,32)29-20-12-10-19(11-13-20)27-24(17-7-5-4-6-8-17)23-21-15-18(26)9-14-22(21)28-25(23)30/h4-16,28-30H,3,26H2,1-2H3. The average Bonchev–Trinajstić information content (AvgIpc) is 3.13.